The Balaban J connectivity index is 2.72. The average molecular weight is 290 g/mol. The Labute approximate surface area is 114 Å². The Kier molecular flexibility index (Phi) is 5.75. The fourth-order valence-electron chi connectivity index (χ4n) is 1.61. The lowest BCUT2D eigenvalue weighted by Crippen LogP contribution is -2.18. The van der Waals surface area contributed by atoms with Crippen molar-refractivity contribution in [1.82, 2.24) is 10.3 Å². The van der Waals surface area contributed by atoms with Crippen LogP contribution >= 0.6 is 11.3 Å². The number of aromatic nitrogens is 1. The van der Waals surface area contributed by atoms with Crippen LogP contribution in [0, 0.1) is 5.92 Å². The summed E-state index contributed by atoms with van der Waals surface area (Å²) in [6, 6.07) is 0. The van der Waals surface area contributed by atoms with Gasteiger partial charge in [0.2, 0.25) is 0 Å². The molecule has 1 heterocycles. The summed E-state index contributed by atoms with van der Waals surface area (Å²) in [7, 11) is -3.00. The Morgan fingerprint density at radius 2 is 2.06 bits per heavy atom. The van der Waals surface area contributed by atoms with E-state index in [4.69, 9.17) is 0 Å². The number of nitrogens with one attached hydrogen (secondary N) is 1. The van der Waals surface area contributed by atoms with Crippen molar-refractivity contribution in [3.05, 3.63) is 15.6 Å². The van der Waals surface area contributed by atoms with Gasteiger partial charge in [-0.15, -0.1) is 11.3 Å². The van der Waals surface area contributed by atoms with Gasteiger partial charge in [0.25, 0.3) is 0 Å². The van der Waals surface area contributed by atoms with E-state index in [9.17, 15) is 8.42 Å². The molecular formula is C12H22N2O2S2. The average Bonchev–Trinajstić information content (AvgIpc) is 2.57. The minimum absolute atomic E-state index is 0.0504. The molecule has 1 rings (SSSR count). The molecule has 0 atom stereocenters. The number of hydrogen-bond donors (Lipinski definition) is 1. The van der Waals surface area contributed by atoms with E-state index in [1.807, 2.05) is 6.92 Å². The second kappa shape index (κ2) is 6.63. The summed E-state index contributed by atoms with van der Waals surface area (Å²) in [5, 5.41) is 4.08. The van der Waals surface area contributed by atoms with Crippen LogP contribution in [-0.2, 0) is 28.6 Å². The minimum Gasteiger partial charge on any atom is -0.312 e. The van der Waals surface area contributed by atoms with Crippen molar-refractivity contribution in [2.24, 2.45) is 5.92 Å². The maximum atomic E-state index is 11.3. The standard InChI is InChI=1S/C12H22N2O2S2/c1-5-10-11(7-13-6-9(2)3)17-12(14-10)8-18(4,15)16/h9,13H,5-8H2,1-4H3. The molecule has 6 heteroatoms. The number of rotatable bonds is 7. The first kappa shape index (κ1) is 15.6. The van der Waals surface area contributed by atoms with Gasteiger partial charge in [-0.25, -0.2) is 13.4 Å². The molecule has 1 aromatic rings. The summed E-state index contributed by atoms with van der Waals surface area (Å²) in [6.45, 7) is 8.11. The lowest BCUT2D eigenvalue weighted by Gasteiger charge is -2.06. The number of hydrogen-bond acceptors (Lipinski definition) is 5. The Morgan fingerprint density at radius 3 is 2.56 bits per heavy atom. The van der Waals surface area contributed by atoms with E-state index < -0.39 is 9.84 Å². The largest absolute Gasteiger partial charge is 0.312 e. The van der Waals surface area contributed by atoms with Gasteiger partial charge in [-0.05, 0) is 18.9 Å². The van der Waals surface area contributed by atoms with E-state index >= 15 is 0 Å². The Morgan fingerprint density at radius 1 is 1.39 bits per heavy atom. The first-order chi connectivity index (χ1) is 8.31. The van der Waals surface area contributed by atoms with E-state index in [1.54, 1.807) is 0 Å². The van der Waals surface area contributed by atoms with E-state index in [0.29, 0.717) is 10.9 Å². The third kappa shape index (κ3) is 5.46. The Hall–Kier alpha value is -0.460. The smallest absolute Gasteiger partial charge is 0.153 e. The zero-order valence-corrected chi connectivity index (χ0v) is 13.1. The highest BCUT2D eigenvalue weighted by Gasteiger charge is 2.13. The van der Waals surface area contributed by atoms with Gasteiger partial charge in [0.15, 0.2) is 9.84 Å². The fraction of sp³-hybridized carbons (Fsp3) is 0.750. The molecule has 4 nitrogen and oxygen atoms in total. The third-order valence-corrected chi connectivity index (χ3v) is 4.46. The second-order valence-electron chi connectivity index (χ2n) is 4.93. The van der Waals surface area contributed by atoms with E-state index in [0.717, 1.165) is 30.1 Å². The van der Waals surface area contributed by atoms with E-state index in [-0.39, 0.29) is 5.75 Å². The third-order valence-electron chi connectivity index (χ3n) is 2.38. The highest BCUT2D eigenvalue weighted by Crippen LogP contribution is 2.21. The van der Waals surface area contributed by atoms with Crippen LogP contribution in [-0.4, -0.2) is 26.2 Å². The van der Waals surface area contributed by atoms with Gasteiger partial charge < -0.3 is 5.32 Å². The fourth-order valence-corrected chi connectivity index (χ4v) is 3.92. The van der Waals surface area contributed by atoms with Gasteiger partial charge in [0.1, 0.15) is 10.8 Å². The normalized spacial score (nSPS) is 12.3. The van der Waals surface area contributed by atoms with Crippen molar-refractivity contribution >= 4 is 21.2 Å². The van der Waals surface area contributed by atoms with Crippen LogP contribution in [0.1, 0.15) is 36.3 Å². The molecule has 0 bridgehead atoms. The maximum absolute atomic E-state index is 11.3. The highest BCUT2D eigenvalue weighted by atomic mass is 32.2. The van der Waals surface area contributed by atoms with Crippen LogP contribution in [0.2, 0.25) is 0 Å². The molecule has 18 heavy (non-hydrogen) atoms. The van der Waals surface area contributed by atoms with Crippen molar-refractivity contribution in [2.45, 2.75) is 39.5 Å². The summed E-state index contributed by atoms with van der Waals surface area (Å²) in [4.78, 5) is 5.57. The molecule has 0 fully saturated rings. The molecule has 1 N–H and O–H groups in total. The summed E-state index contributed by atoms with van der Waals surface area (Å²) >= 11 is 1.51. The van der Waals surface area contributed by atoms with Crippen molar-refractivity contribution in [3.63, 3.8) is 0 Å². The van der Waals surface area contributed by atoms with Gasteiger partial charge in [-0.1, -0.05) is 20.8 Å². The zero-order chi connectivity index (χ0) is 13.8. The molecular weight excluding hydrogens is 268 g/mol. The molecule has 0 aromatic carbocycles. The number of nitrogens with zero attached hydrogens (tertiary/aromatic N) is 1. The molecule has 0 aliphatic heterocycles. The van der Waals surface area contributed by atoms with Gasteiger partial charge >= 0.3 is 0 Å². The van der Waals surface area contributed by atoms with Crippen LogP contribution in [0.15, 0.2) is 0 Å². The lowest BCUT2D eigenvalue weighted by atomic mass is 10.2. The van der Waals surface area contributed by atoms with Gasteiger partial charge in [0.05, 0.1) is 5.69 Å². The van der Waals surface area contributed by atoms with Crippen molar-refractivity contribution in [3.8, 4) is 0 Å². The van der Waals surface area contributed by atoms with Crippen LogP contribution in [0.25, 0.3) is 0 Å². The molecule has 0 aliphatic carbocycles. The molecule has 104 valence electrons. The maximum Gasteiger partial charge on any atom is 0.153 e. The zero-order valence-electron chi connectivity index (χ0n) is 11.5. The SMILES string of the molecule is CCc1nc(CS(C)(=O)=O)sc1CNCC(C)C. The molecule has 0 radical (unpaired) electrons. The molecule has 0 saturated carbocycles. The molecule has 0 aliphatic rings. The topological polar surface area (TPSA) is 59.1 Å². The monoisotopic (exact) mass is 290 g/mol. The van der Waals surface area contributed by atoms with Crippen molar-refractivity contribution < 1.29 is 8.42 Å². The first-order valence-corrected chi connectivity index (χ1v) is 9.05. The predicted octanol–water partition coefficient (Wildman–Crippen LogP) is 2.00. The number of thiazole rings is 1. The quantitative estimate of drug-likeness (QED) is 0.834. The van der Waals surface area contributed by atoms with Crippen molar-refractivity contribution in [2.75, 3.05) is 12.8 Å². The molecule has 0 saturated heterocycles. The van der Waals surface area contributed by atoms with Crippen LogP contribution < -0.4 is 5.32 Å². The van der Waals surface area contributed by atoms with E-state index in [2.05, 4.69) is 24.1 Å². The summed E-state index contributed by atoms with van der Waals surface area (Å²) in [5.74, 6) is 0.660. The molecule has 0 amide bonds. The summed E-state index contributed by atoms with van der Waals surface area (Å²) in [6.07, 6.45) is 2.09. The number of aryl methyl sites for hydroxylation is 1. The Bertz CT molecular complexity index is 478. The van der Waals surface area contributed by atoms with Crippen LogP contribution in [0.4, 0.5) is 0 Å². The van der Waals surface area contributed by atoms with Gasteiger partial charge in [-0.2, -0.15) is 0 Å². The van der Waals surface area contributed by atoms with Gasteiger partial charge in [-0.3, -0.25) is 0 Å². The summed E-state index contributed by atoms with van der Waals surface area (Å²) in [5.41, 5.74) is 1.02. The summed E-state index contributed by atoms with van der Waals surface area (Å²) < 4.78 is 22.5. The molecule has 0 spiro atoms. The highest BCUT2D eigenvalue weighted by molar-refractivity contribution is 7.90. The molecule has 0 unspecified atom stereocenters. The van der Waals surface area contributed by atoms with Crippen molar-refractivity contribution in [1.29, 1.82) is 0 Å². The minimum atomic E-state index is -3.00. The van der Waals surface area contributed by atoms with Crippen LogP contribution in [0.5, 0.6) is 0 Å². The number of sulfone groups is 1. The first-order valence-electron chi connectivity index (χ1n) is 6.17. The van der Waals surface area contributed by atoms with E-state index in [1.165, 1.54) is 17.6 Å². The van der Waals surface area contributed by atoms with Gasteiger partial charge in [0, 0.05) is 17.7 Å². The van der Waals surface area contributed by atoms with Crippen LogP contribution in [0.3, 0.4) is 0 Å². The lowest BCUT2D eigenvalue weighted by molar-refractivity contribution is 0.553. The predicted molar refractivity (Wildman–Crippen MR) is 76.6 cm³/mol. The second-order valence-corrected chi connectivity index (χ2v) is 8.23. The molecule has 1 aromatic heterocycles.